The van der Waals surface area contributed by atoms with Crippen molar-refractivity contribution in [3.63, 3.8) is 0 Å². The molecule has 0 unspecified atom stereocenters. The molecule has 0 saturated heterocycles. The van der Waals surface area contributed by atoms with Crippen LogP contribution >= 0.6 is 11.6 Å². The standard InChI is InChI=1S/C22H15ClF3N3O4/c1-27-20(31)18-17(3-2-10-28-18)33-14-7-4-12(5-8-14)19(30)21(32)29-13-6-9-16(23)15(11-13)22(24,25)26/h2-11H,1H3,(H,27,31)(H,29,32). The number of carbonyl (C=O) groups excluding carboxylic acids is 3. The van der Waals surface area contributed by atoms with E-state index in [0.29, 0.717) is 6.07 Å². The molecular formula is C22H15ClF3N3O4. The summed E-state index contributed by atoms with van der Waals surface area (Å²) in [6.07, 6.45) is -3.29. The fourth-order valence-corrected chi connectivity index (χ4v) is 2.93. The summed E-state index contributed by atoms with van der Waals surface area (Å²) in [6.45, 7) is 0. The third-order valence-corrected chi connectivity index (χ3v) is 4.62. The Morgan fingerprint density at radius 1 is 1.03 bits per heavy atom. The van der Waals surface area contributed by atoms with Crippen molar-refractivity contribution >= 4 is 34.9 Å². The highest BCUT2D eigenvalue weighted by molar-refractivity contribution is 6.46. The smallest absolute Gasteiger partial charge is 0.417 e. The summed E-state index contributed by atoms with van der Waals surface area (Å²) in [6, 6.07) is 11.3. The van der Waals surface area contributed by atoms with E-state index in [0.717, 1.165) is 12.1 Å². The van der Waals surface area contributed by atoms with Crippen LogP contribution in [0.15, 0.2) is 60.8 Å². The lowest BCUT2D eigenvalue weighted by Gasteiger charge is -2.12. The molecule has 0 saturated carbocycles. The zero-order valence-electron chi connectivity index (χ0n) is 16.9. The molecule has 3 aromatic rings. The Bertz CT molecular complexity index is 1210. The van der Waals surface area contributed by atoms with Crippen LogP contribution in [0.25, 0.3) is 0 Å². The number of alkyl halides is 3. The van der Waals surface area contributed by atoms with Crippen LogP contribution in [0.4, 0.5) is 18.9 Å². The van der Waals surface area contributed by atoms with Gasteiger partial charge in [0.2, 0.25) is 0 Å². The summed E-state index contributed by atoms with van der Waals surface area (Å²) in [5.41, 5.74) is -1.34. The van der Waals surface area contributed by atoms with Gasteiger partial charge in [0.15, 0.2) is 11.4 Å². The Kier molecular flexibility index (Phi) is 6.98. The summed E-state index contributed by atoms with van der Waals surface area (Å²) in [4.78, 5) is 40.4. The Morgan fingerprint density at radius 3 is 2.36 bits per heavy atom. The van der Waals surface area contributed by atoms with Crippen molar-refractivity contribution in [2.75, 3.05) is 12.4 Å². The van der Waals surface area contributed by atoms with Crippen LogP contribution in [0.2, 0.25) is 5.02 Å². The maximum Gasteiger partial charge on any atom is 0.417 e. The number of hydrogen-bond acceptors (Lipinski definition) is 5. The number of ketones is 1. The third-order valence-electron chi connectivity index (χ3n) is 4.29. The Morgan fingerprint density at radius 2 is 1.73 bits per heavy atom. The predicted molar refractivity (Wildman–Crippen MR) is 114 cm³/mol. The topological polar surface area (TPSA) is 97.4 Å². The molecule has 0 bridgehead atoms. The third kappa shape index (κ3) is 5.66. The number of nitrogens with zero attached hydrogens (tertiary/aromatic N) is 1. The minimum Gasteiger partial charge on any atom is -0.455 e. The molecule has 33 heavy (non-hydrogen) atoms. The molecule has 0 aliphatic heterocycles. The molecule has 2 amide bonds. The molecule has 7 nitrogen and oxygen atoms in total. The summed E-state index contributed by atoms with van der Waals surface area (Å²) < 4.78 is 44.5. The summed E-state index contributed by atoms with van der Waals surface area (Å²) in [5.74, 6) is -2.12. The van der Waals surface area contributed by atoms with E-state index >= 15 is 0 Å². The molecular weight excluding hydrogens is 463 g/mol. The highest BCUT2D eigenvalue weighted by atomic mass is 35.5. The lowest BCUT2D eigenvalue weighted by molar-refractivity contribution is -0.137. The monoisotopic (exact) mass is 477 g/mol. The molecule has 0 aliphatic rings. The SMILES string of the molecule is CNC(=O)c1ncccc1Oc1ccc(C(=O)C(=O)Nc2ccc(Cl)c(C(F)(F)F)c2)cc1. The average Bonchev–Trinajstić information content (AvgIpc) is 2.79. The van der Waals surface area contributed by atoms with E-state index in [1.165, 1.54) is 43.6 Å². The van der Waals surface area contributed by atoms with E-state index in [1.54, 1.807) is 6.07 Å². The number of ether oxygens (including phenoxy) is 1. The van der Waals surface area contributed by atoms with E-state index in [1.807, 2.05) is 0 Å². The lowest BCUT2D eigenvalue weighted by Crippen LogP contribution is -2.23. The first-order valence-electron chi connectivity index (χ1n) is 9.27. The number of Topliss-reactive ketones (excluding diaryl/α,β-unsaturated/α-hetero) is 1. The Balaban J connectivity index is 1.72. The van der Waals surface area contributed by atoms with Gasteiger partial charge in [0, 0.05) is 24.5 Å². The van der Waals surface area contributed by atoms with Crippen LogP contribution in [0, 0.1) is 0 Å². The highest BCUT2D eigenvalue weighted by Gasteiger charge is 2.33. The molecule has 3 rings (SSSR count). The second-order valence-electron chi connectivity index (χ2n) is 6.53. The molecule has 1 heterocycles. The lowest BCUT2D eigenvalue weighted by atomic mass is 10.1. The van der Waals surface area contributed by atoms with E-state index in [-0.39, 0.29) is 28.4 Å². The Hall–Kier alpha value is -3.92. The number of carbonyl (C=O) groups is 3. The van der Waals surface area contributed by atoms with Crippen LogP contribution in [-0.2, 0) is 11.0 Å². The first-order valence-corrected chi connectivity index (χ1v) is 9.65. The first-order chi connectivity index (χ1) is 15.6. The minimum absolute atomic E-state index is 0.0254. The number of hydrogen-bond donors (Lipinski definition) is 2. The highest BCUT2D eigenvalue weighted by Crippen LogP contribution is 2.36. The van der Waals surface area contributed by atoms with Gasteiger partial charge in [-0.3, -0.25) is 14.4 Å². The van der Waals surface area contributed by atoms with E-state index in [4.69, 9.17) is 16.3 Å². The summed E-state index contributed by atoms with van der Waals surface area (Å²) in [5, 5.41) is 4.04. The number of benzene rings is 2. The van der Waals surface area contributed by atoms with Gasteiger partial charge in [0.05, 0.1) is 10.6 Å². The minimum atomic E-state index is -4.72. The van der Waals surface area contributed by atoms with Crippen molar-refractivity contribution in [1.29, 1.82) is 0 Å². The average molecular weight is 478 g/mol. The van der Waals surface area contributed by atoms with E-state index in [9.17, 15) is 27.6 Å². The van der Waals surface area contributed by atoms with Crippen molar-refractivity contribution in [1.82, 2.24) is 10.3 Å². The van der Waals surface area contributed by atoms with Crippen LogP contribution in [0.5, 0.6) is 11.5 Å². The van der Waals surface area contributed by atoms with Gasteiger partial charge < -0.3 is 15.4 Å². The predicted octanol–water partition coefficient (Wildman–Crippen LogP) is 4.73. The van der Waals surface area contributed by atoms with Gasteiger partial charge in [-0.1, -0.05) is 11.6 Å². The zero-order valence-corrected chi connectivity index (χ0v) is 17.6. The van der Waals surface area contributed by atoms with Crippen LogP contribution in [0.1, 0.15) is 26.4 Å². The van der Waals surface area contributed by atoms with Gasteiger partial charge in [-0.05, 0) is 54.6 Å². The molecule has 170 valence electrons. The number of aromatic nitrogens is 1. The largest absolute Gasteiger partial charge is 0.455 e. The van der Waals surface area contributed by atoms with Gasteiger partial charge in [-0.2, -0.15) is 13.2 Å². The number of rotatable bonds is 6. The van der Waals surface area contributed by atoms with E-state index in [2.05, 4.69) is 15.6 Å². The number of anilines is 1. The second-order valence-corrected chi connectivity index (χ2v) is 6.94. The van der Waals surface area contributed by atoms with Crippen molar-refractivity contribution in [3.8, 4) is 11.5 Å². The fourth-order valence-electron chi connectivity index (χ4n) is 2.70. The number of amides is 2. The first kappa shape index (κ1) is 23.7. The van der Waals surface area contributed by atoms with Gasteiger partial charge in [-0.15, -0.1) is 0 Å². The molecule has 0 fully saturated rings. The molecule has 0 aliphatic carbocycles. The van der Waals surface area contributed by atoms with Crippen LogP contribution < -0.4 is 15.4 Å². The van der Waals surface area contributed by atoms with Crippen molar-refractivity contribution in [3.05, 3.63) is 82.6 Å². The van der Waals surface area contributed by atoms with Crippen molar-refractivity contribution in [2.24, 2.45) is 0 Å². The van der Waals surface area contributed by atoms with Gasteiger partial charge in [0.25, 0.3) is 17.6 Å². The van der Waals surface area contributed by atoms with Crippen LogP contribution in [-0.4, -0.2) is 29.6 Å². The molecule has 2 aromatic carbocycles. The Labute approximate surface area is 190 Å². The molecule has 1 aromatic heterocycles. The summed E-state index contributed by atoms with van der Waals surface area (Å²) in [7, 11) is 1.44. The fraction of sp³-hybridized carbons (Fsp3) is 0.0909. The van der Waals surface area contributed by atoms with Gasteiger partial charge in [0.1, 0.15) is 5.75 Å². The molecule has 11 heteroatoms. The molecule has 0 radical (unpaired) electrons. The van der Waals surface area contributed by atoms with E-state index < -0.39 is 34.4 Å². The molecule has 2 N–H and O–H groups in total. The number of nitrogens with one attached hydrogen (secondary N) is 2. The summed E-state index contributed by atoms with van der Waals surface area (Å²) >= 11 is 5.55. The number of pyridine rings is 1. The van der Waals surface area contributed by atoms with Gasteiger partial charge >= 0.3 is 6.18 Å². The molecule has 0 atom stereocenters. The van der Waals surface area contributed by atoms with Gasteiger partial charge in [-0.25, -0.2) is 4.98 Å². The number of halogens is 4. The van der Waals surface area contributed by atoms with Crippen molar-refractivity contribution in [2.45, 2.75) is 6.18 Å². The maximum atomic E-state index is 13.0. The van der Waals surface area contributed by atoms with Crippen molar-refractivity contribution < 1.29 is 32.3 Å². The maximum absolute atomic E-state index is 13.0. The second kappa shape index (κ2) is 9.70. The molecule has 0 spiro atoms. The zero-order chi connectivity index (χ0) is 24.2. The quantitative estimate of drug-likeness (QED) is 0.395. The van der Waals surface area contributed by atoms with Crippen LogP contribution in [0.3, 0.4) is 0 Å². The normalized spacial score (nSPS) is 10.9.